The number of nitrogens with zero attached hydrogens (tertiary/aromatic N) is 2. The molecule has 0 fully saturated rings. The Morgan fingerprint density at radius 3 is 1.25 bits per heavy atom. The highest BCUT2D eigenvalue weighted by molar-refractivity contribution is 6.25. The Morgan fingerprint density at radius 1 is 0.451 bits per heavy atom. The van der Waals surface area contributed by atoms with Gasteiger partial charge in [-0.15, -0.1) is 0 Å². The molecule has 2 aromatic heterocycles. The predicted octanol–water partition coefficient (Wildman–Crippen LogP) is 17.9. The fourth-order valence-corrected chi connectivity index (χ4v) is 12.9. The average molecular weight is 919 g/mol. The molecule has 2 unspecified atom stereocenters. The zero-order valence-corrected chi connectivity index (χ0v) is 40.6. The van der Waals surface area contributed by atoms with E-state index in [1.165, 1.54) is 44.5 Å². The van der Waals surface area contributed by atoms with E-state index in [0.29, 0.717) is 11.8 Å². The Hall–Kier alpha value is -8.08. The summed E-state index contributed by atoms with van der Waals surface area (Å²) in [5.41, 5.74) is 19.7. The van der Waals surface area contributed by atoms with Gasteiger partial charge in [-0.1, -0.05) is 185 Å². The molecule has 2 atom stereocenters. The number of para-hydroxylation sites is 4. The molecule has 14 rings (SSSR count). The summed E-state index contributed by atoms with van der Waals surface area (Å²) in [7, 11) is 0. The van der Waals surface area contributed by atoms with Gasteiger partial charge in [-0.05, 0) is 118 Å². The third-order valence-electron chi connectivity index (χ3n) is 16.1. The highest BCUT2D eigenvalue weighted by atomic mass is 16.3. The molecular formula is C67H54N2O2. The molecule has 4 aliphatic rings. The summed E-state index contributed by atoms with van der Waals surface area (Å²) in [5.74, 6) is 0.896. The van der Waals surface area contributed by atoms with Crippen molar-refractivity contribution in [3.05, 3.63) is 240 Å². The molecule has 4 heteroatoms. The van der Waals surface area contributed by atoms with E-state index >= 15 is 0 Å². The maximum absolute atomic E-state index is 7.46. The van der Waals surface area contributed by atoms with Crippen LogP contribution in [-0.4, -0.2) is 12.1 Å². The van der Waals surface area contributed by atoms with Gasteiger partial charge in [-0.2, -0.15) is 0 Å². The minimum absolute atomic E-state index is 0.0552. The van der Waals surface area contributed by atoms with Crippen LogP contribution >= 0.6 is 0 Å². The Balaban J connectivity index is 1.16. The van der Waals surface area contributed by atoms with E-state index in [9.17, 15) is 0 Å². The number of fused-ring (bicyclic) bond motifs is 18. The smallest absolute Gasteiger partial charge is 0.145 e. The minimum Gasteiger partial charge on any atom is -0.455 e. The van der Waals surface area contributed by atoms with Gasteiger partial charge in [-0.3, -0.25) is 0 Å². The molecule has 1 spiro atoms. The van der Waals surface area contributed by atoms with Gasteiger partial charge in [0.2, 0.25) is 0 Å². The van der Waals surface area contributed by atoms with Crippen LogP contribution in [0.1, 0.15) is 62.8 Å². The maximum Gasteiger partial charge on any atom is 0.145 e. The van der Waals surface area contributed by atoms with E-state index in [2.05, 4.69) is 244 Å². The first-order chi connectivity index (χ1) is 34.9. The SMILES string of the molecule is CC(C)C1=CCC(N(c2ccccc2)c2cc3c(c4oc5ccccc5c24)-c2c(cc(N(c4ccccc4)C4C=CC(C(C)C)=CC4)c4c2oc2ccccc24)C32c3ccccc3-c3ccccc32)C=C1. The molecule has 2 heterocycles. The highest BCUT2D eigenvalue weighted by Gasteiger charge is 2.55. The number of rotatable bonds is 8. The van der Waals surface area contributed by atoms with Crippen molar-refractivity contribution >= 4 is 66.6 Å². The van der Waals surface area contributed by atoms with Gasteiger partial charge in [0.25, 0.3) is 0 Å². The molecule has 0 saturated carbocycles. The van der Waals surface area contributed by atoms with Crippen molar-refractivity contribution in [2.45, 2.75) is 58.0 Å². The van der Waals surface area contributed by atoms with E-state index in [0.717, 1.165) is 90.6 Å². The molecule has 8 aromatic carbocycles. The van der Waals surface area contributed by atoms with Crippen LogP contribution in [0.3, 0.4) is 0 Å². The van der Waals surface area contributed by atoms with E-state index in [-0.39, 0.29) is 12.1 Å². The second-order valence-corrected chi connectivity index (χ2v) is 20.5. The number of allylic oxidation sites excluding steroid dienone is 4. The van der Waals surface area contributed by atoms with E-state index < -0.39 is 5.41 Å². The highest BCUT2D eigenvalue weighted by Crippen LogP contribution is 2.67. The predicted molar refractivity (Wildman–Crippen MR) is 295 cm³/mol. The van der Waals surface area contributed by atoms with Gasteiger partial charge in [0.1, 0.15) is 22.3 Å². The fourth-order valence-electron chi connectivity index (χ4n) is 12.9. The van der Waals surface area contributed by atoms with Gasteiger partial charge in [0.15, 0.2) is 0 Å². The van der Waals surface area contributed by atoms with Crippen LogP contribution in [0.25, 0.3) is 66.1 Å². The first-order valence-corrected chi connectivity index (χ1v) is 25.5. The van der Waals surface area contributed by atoms with Crippen LogP contribution < -0.4 is 9.80 Å². The third-order valence-corrected chi connectivity index (χ3v) is 16.1. The molecule has 0 radical (unpaired) electrons. The third kappa shape index (κ3) is 6.04. The lowest BCUT2D eigenvalue weighted by molar-refractivity contribution is 0.665. The Bertz CT molecular complexity index is 3660. The zero-order chi connectivity index (χ0) is 47.5. The van der Waals surface area contributed by atoms with Gasteiger partial charge in [-0.25, -0.2) is 0 Å². The maximum atomic E-state index is 7.46. The quantitative estimate of drug-likeness (QED) is 0.152. The van der Waals surface area contributed by atoms with E-state index in [1.807, 2.05) is 0 Å². The number of hydrogen-bond acceptors (Lipinski definition) is 4. The van der Waals surface area contributed by atoms with Gasteiger partial charge in [0, 0.05) is 33.3 Å². The Morgan fingerprint density at radius 2 is 0.845 bits per heavy atom. The van der Waals surface area contributed by atoms with Crippen molar-refractivity contribution in [3.8, 4) is 22.3 Å². The molecule has 4 aliphatic carbocycles. The van der Waals surface area contributed by atoms with Gasteiger partial charge in [0.05, 0.1) is 39.6 Å². The van der Waals surface area contributed by atoms with Gasteiger partial charge < -0.3 is 18.6 Å². The molecule has 0 bridgehead atoms. The lowest BCUT2D eigenvalue weighted by Crippen LogP contribution is -2.32. The monoisotopic (exact) mass is 918 g/mol. The summed E-state index contributed by atoms with van der Waals surface area (Å²) >= 11 is 0. The molecule has 10 aromatic rings. The number of hydrogen-bond donors (Lipinski definition) is 0. The normalized spacial score (nSPS) is 17.3. The standard InChI is InChI=1S/C67H54N2O2/c1-41(2)43-31-35-47(36-32-43)68(45-19-7-5-8-20-45)57-39-55-63(65-61(57)51-25-13-17-29-59(51)70-65)64-56(67(55)53-27-15-11-23-49(53)50-24-12-16-28-54(50)67)40-58(62-52-26-14-18-30-60(52)71-66(62)64)69(46-21-9-6-10-22-46)48-37-33-44(34-38-48)42(3)4/h5-35,37,39-42,47-48H,36,38H2,1-4H3. The van der Waals surface area contributed by atoms with Crippen molar-refractivity contribution < 1.29 is 8.83 Å². The second-order valence-electron chi connectivity index (χ2n) is 20.5. The molecule has 0 N–H and O–H groups in total. The Kier molecular flexibility index (Phi) is 9.42. The molecule has 344 valence electrons. The first kappa shape index (κ1) is 41.9. The van der Waals surface area contributed by atoms with Gasteiger partial charge >= 0.3 is 0 Å². The van der Waals surface area contributed by atoms with Crippen molar-refractivity contribution in [2.75, 3.05) is 9.80 Å². The van der Waals surface area contributed by atoms with Crippen LogP contribution in [-0.2, 0) is 5.41 Å². The van der Waals surface area contributed by atoms with Crippen molar-refractivity contribution in [1.29, 1.82) is 0 Å². The molecule has 0 aliphatic heterocycles. The molecule has 0 saturated heterocycles. The number of benzene rings is 8. The Labute approximate surface area is 415 Å². The average Bonchev–Trinajstić information content (AvgIpc) is 4.16. The lowest BCUT2D eigenvalue weighted by atomic mass is 9.70. The van der Waals surface area contributed by atoms with Crippen molar-refractivity contribution in [1.82, 2.24) is 0 Å². The summed E-state index contributed by atoms with van der Waals surface area (Å²) in [6.45, 7) is 9.15. The second kappa shape index (κ2) is 16.0. The number of anilines is 4. The first-order valence-electron chi connectivity index (χ1n) is 25.5. The topological polar surface area (TPSA) is 32.8 Å². The summed E-state index contributed by atoms with van der Waals surface area (Å²) in [6, 6.07) is 62.8. The summed E-state index contributed by atoms with van der Waals surface area (Å²) in [5, 5.41) is 4.41. The molecule has 71 heavy (non-hydrogen) atoms. The lowest BCUT2D eigenvalue weighted by Gasteiger charge is -2.37. The minimum atomic E-state index is -0.743. The molecule has 4 nitrogen and oxygen atoms in total. The van der Waals surface area contributed by atoms with E-state index in [4.69, 9.17) is 8.83 Å². The van der Waals surface area contributed by atoms with Crippen LogP contribution in [0.2, 0.25) is 0 Å². The summed E-state index contributed by atoms with van der Waals surface area (Å²) in [6.07, 6.45) is 16.2. The van der Waals surface area contributed by atoms with Crippen molar-refractivity contribution in [2.24, 2.45) is 11.8 Å². The summed E-state index contributed by atoms with van der Waals surface area (Å²) in [4.78, 5) is 5.18. The molecule has 0 amide bonds. The number of furan rings is 2. The zero-order valence-electron chi connectivity index (χ0n) is 40.6. The van der Waals surface area contributed by atoms with Crippen LogP contribution in [0.15, 0.2) is 226 Å². The van der Waals surface area contributed by atoms with Crippen molar-refractivity contribution in [3.63, 3.8) is 0 Å². The van der Waals surface area contributed by atoms with Crippen LogP contribution in [0.5, 0.6) is 0 Å². The largest absolute Gasteiger partial charge is 0.455 e. The van der Waals surface area contributed by atoms with Crippen LogP contribution in [0.4, 0.5) is 22.7 Å². The molecular weight excluding hydrogens is 865 g/mol. The fraction of sp³-hybridized carbons (Fsp3) is 0.164. The van der Waals surface area contributed by atoms with Crippen LogP contribution in [0, 0.1) is 11.8 Å². The summed E-state index contributed by atoms with van der Waals surface area (Å²) < 4.78 is 14.9. The van der Waals surface area contributed by atoms with E-state index in [1.54, 1.807) is 0 Å².